The highest BCUT2D eigenvalue weighted by atomic mass is 32.1. The maximum absolute atomic E-state index is 11.9. The van der Waals surface area contributed by atoms with Gasteiger partial charge in [0, 0.05) is 11.8 Å². The van der Waals surface area contributed by atoms with E-state index in [4.69, 9.17) is 5.73 Å². The van der Waals surface area contributed by atoms with Gasteiger partial charge in [0.15, 0.2) is 17.3 Å². The number of aromatic amines is 1. The number of nitrogens with two attached hydrogens (primary N) is 1. The number of imidazole rings is 1. The Bertz CT molecular complexity index is 1420. The van der Waals surface area contributed by atoms with Crippen LogP contribution >= 0.6 is 11.5 Å². The Labute approximate surface area is 200 Å². The third-order valence-electron chi connectivity index (χ3n) is 5.30. The summed E-state index contributed by atoms with van der Waals surface area (Å²) in [5.74, 6) is 0.987. The van der Waals surface area contributed by atoms with Crippen molar-refractivity contribution in [3.8, 4) is 11.3 Å². The van der Waals surface area contributed by atoms with Crippen LogP contribution in [0.1, 0.15) is 27.6 Å². The molecule has 4 aromatic rings. The molecule has 34 heavy (non-hydrogen) atoms. The number of nitrogens with one attached hydrogen (secondary N) is 2. The van der Waals surface area contributed by atoms with E-state index >= 15 is 0 Å². The fraction of sp³-hybridized carbons (Fsp3) is 0.125. The normalized spacial score (nSPS) is 13.1. The van der Waals surface area contributed by atoms with Crippen LogP contribution < -0.4 is 16.0 Å². The van der Waals surface area contributed by atoms with Crippen LogP contribution in [0.2, 0.25) is 0 Å². The van der Waals surface area contributed by atoms with Crippen LogP contribution in [-0.4, -0.2) is 36.8 Å². The average Bonchev–Trinajstić information content (AvgIpc) is 3.49. The van der Waals surface area contributed by atoms with Crippen LogP contribution in [-0.2, 0) is 0 Å². The molecule has 1 aliphatic heterocycles. The van der Waals surface area contributed by atoms with Gasteiger partial charge in [-0.25, -0.2) is 15.0 Å². The second kappa shape index (κ2) is 8.91. The number of nitrogens with zero attached hydrogens (tertiary/aromatic N) is 5. The molecule has 4 heterocycles. The molecule has 5 rings (SSSR count). The predicted octanol–water partition coefficient (Wildman–Crippen LogP) is 4.20. The Morgan fingerprint density at radius 3 is 2.74 bits per heavy atom. The largest absolute Gasteiger partial charge is 0.364 e. The van der Waals surface area contributed by atoms with Gasteiger partial charge in [-0.05, 0) is 43.1 Å². The number of carbonyl (C=O) groups is 1. The summed E-state index contributed by atoms with van der Waals surface area (Å²) in [6, 6.07) is 10.2. The Morgan fingerprint density at radius 2 is 2.00 bits per heavy atom. The molecule has 1 aliphatic rings. The van der Waals surface area contributed by atoms with Gasteiger partial charge in [0.2, 0.25) is 0 Å². The zero-order valence-corrected chi connectivity index (χ0v) is 19.4. The van der Waals surface area contributed by atoms with E-state index < -0.39 is 5.91 Å². The first-order valence-electron chi connectivity index (χ1n) is 10.6. The van der Waals surface area contributed by atoms with Gasteiger partial charge in [0.1, 0.15) is 10.8 Å². The number of aromatic nitrogens is 5. The lowest BCUT2D eigenvalue weighted by Crippen LogP contribution is -2.24. The van der Waals surface area contributed by atoms with Gasteiger partial charge < -0.3 is 20.9 Å². The molecule has 0 saturated heterocycles. The monoisotopic (exact) mass is 470 g/mol. The maximum atomic E-state index is 11.9. The second-order valence-corrected chi connectivity index (χ2v) is 8.73. The number of rotatable bonds is 6. The summed E-state index contributed by atoms with van der Waals surface area (Å²) in [7, 11) is 0. The molecule has 4 N–H and O–H groups in total. The Morgan fingerprint density at radius 1 is 1.18 bits per heavy atom. The van der Waals surface area contributed by atoms with Crippen molar-refractivity contribution in [1.29, 1.82) is 0 Å². The number of carbonyl (C=O) groups excluding carboxylic acids is 1. The zero-order chi connectivity index (χ0) is 23.7. The smallest absolute Gasteiger partial charge is 0.271 e. The molecule has 1 aromatic carbocycles. The minimum atomic E-state index is -0.656. The van der Waals surface area contributed by atoms with E-state index in [1.165, 1.54) is 23.3 Å². The van der Waals surface area contributed by atoms with Gasteiger partial charge in [-0.1, -0.05) is 35.9 Å². The fourth-order valence-electron chi connectivity index (χ4n) is 3.55. The lowest BCUT2D eigenvalue weighted by atomic mass is 10.1. The average molecular weight is 471 g/mol. The van der Waals surface area contributed by atoms with Gasteiger partial charge in [-0.3, -0.25) is 4.79 Å². The Kier molecular flexibility index (Phi) is 5.64. The molecule has 0 unspecified atom stereocenters. The van der Waals surface area contributed by atoms with E-state index in [0.29, 0.717) is 12.4 Å². The Hall–Kier alpha value is -4.31. The van der Waals surface area contributed by atoms with Gasteiger partial charge in [0.25, 0.3) is 5.91 Å². The van der Waals surface area contributed by atoms with Crippen LogP contribution in [0.5, 0.6) is 0 Å². The van der Waals surface area contributed by atoms with Crippen LogP contribution in [0, 0.1) is 13.8 Å². The molecular formula is C24H22N8OS. The molecular weight excluding hydrogens is 448 g/mol. The molecule has 3 aromatic heterocycles. The van der Waals surface area contributed by atoms with Crippen molar-refractivity contribution in [2.75, 3.05) is 16.8 Å². The van der Waals surface area contributed by atoms with Crippen molar-refractivity contribution in [2.45, 2.75) is 13.8 Å². The molecule has 0 saturated carbocycles. The van der Waals surface area contributed by atoms with Crippen LogP contribution in [0.25, 0.3) is 16.8 Å². The first-order chi connectivity index (χ1) is 16.5. The van der Waals surface area contributed by atoms with E-state index in [2.05, 4.69) is 60.8 Å². The minimum absolute atomic E-state index is 0.0698. The highest BCUT2D eigenvalue weighted by Crippen LogP contribution is 2.27. The van der Waals surface area contributed by atoms with Crippen molar-refractivity contribution in [2.24, 2.45) is 5.73 Å². The van der Waals surface area contributed by atoms with E-state index in [1.807, 2.05) is 42.4 Å². The number of aryl methyl sites for hydroxylation is 2. The second-order valence-electron chi connectivity index (χ2n) is 7.92. The zero-order valence-electron chi connectivity index (χ0n) is 18.6. The fourth-order valence-corrected chi connectivity index (χ4v) is 4.21. The molecule has 0 aliphatic carbocycles. The molecule has 10 heteroatoms. The summed E-state index contributed by atoms with van der Waals surface area (Å²) in [4.78, 5) is 30.7. The van der Waals surface area contributed by atoms with Crippen LogP contribution in [0.15, 0.2) is 61.1 Å². The lowest BCUT2D eigenvalue weighted by Gasteiger charge is -2.23. The number of benzene rings is 1. The first-order valence-corrected chi connectivity index (χ1v) is 11.4. The molecule has 170 valence electrons. The number of hydrogen-bond donors (Lipinski definition) is 3. The van der Waals surface area contributed by atoms with Crippen LogP contribution in [0.4, 0.5) is 16.6 Å². The highest BCUT2D eigenvalue weighted by molar-refractivity contribution is 7.10. The van der Waals surface area contributed by atoms with Crippen molar-refractivity contribution >= 4 is 39.6 Å². The number of allylic oxidation sites excluding steroid dienone is 2. The van der Waals surface area contributed by atoms with Crippen molar-refractivity contribution in [1.82, 2.24) is 24.3 Å². The van der Waals surface area contributed by atoms with E-state index in [0.717, 1.165) is 33.3 Å². The van der Waals surface area contributed by atoms with Crippen LogP contribution in [0.3, 0.4) is 0 Å². The molecule has 0 bridgehead atoms. The van der Waals surface area contributed by atoms with E-state index in [1.54, 1.807) is 0 Å². The number of amides is 1. The van der Waals surface area contributed by atoms with Gasteiger partial charge in [0.05, 0.1) is 30.3 Å². The summed E-state index contributed by atoms with van der Waals surface area (Å²) in [6.07, 6.45) is 9.22. The topological polar surface area (TPSA) is 126 Å². The third kappa shape index (κ3) is 4.44. The molecule has 9 nitrogen and oxygen atoms in total. The summed E-state index contributed by atoms with van der Waals surface area (Å²) in [6.45, 7) is 4.49. The predicted molar refractivity (Wildman–Crippen MR) is 134 cm³/mol. The summed E-state index contributed by atoms with van der Waals surface area (Å²) >= 11 is 1.27. The summed E-state index contributed by atoms with van der Waals surface area (Å²) in [5.41, 5.74) is 10.7. The summed E-state index contributed by atoms with van der Waals surface area (Å²) in [5, 5.41) is 3.87. The van der Waals surface area contributed by atoms with Gasteiger partial charge in [-0.15, -0.1) is 0 Å². The standard InChI is InChI=1S/C24H22N8OS/c1-14-5-7-16(8-6-14)18-11-27-23(28-18)17-4-3-9-32(13-17)19-12-26-21(22(25)33)24(29-19)30-20-10-15(2)31-34-20/h3-12H,13H2,1-2H3,(H2,25,33)(H,27,28)(H,29,30). The number of anilines is 3. The molecule has 1 amide bonds. The molecule has 0 atom stereocenters. The van der Waals surface area contributed by atoms with Gasteiger partial charge in [-0.2, -0.15) is 4.37 Å². The highest BCUT2D eigenvalue weighted by Gasteiger charge is 2.19. The van der Waals surface area contributed by atoms with Crippen molar-refractivity contribution < 1.29 is 4.79 Å². The minimum Gasteiger partial charge on any atom is -0.364 e. The molecule has 0 radical (unpaired) electrons. The van der Waals surface area contributed by atoms with Gasteiger partial charge >= 0.3 is 0 Å². The molecule has 0 spiro atoms. The summed E-state index contributed by atoms with van der Waals surface area (Å²) < 4.78 is 4.25. The first kappa shape index (κ1) is 21.5. The number of hydrogen-bond acceptors (Lipinski definition) is 8. The third-order valence-corrected chi connectivity index (χ3v) is 6.10. The number of primary amides is 1. The SMILES string of the molecule is Cc1ccc(-c2cnc(C3=CC=CN(c4cnc(C(N)=O)c(Nc5cc(C)ns5)n4)C3)[nH]2)cc1. The molecule has 0 fully saturated rings. The maximum Gasteiger partial charge on any atom is 0.271 e. The lowest BCUT2D eigenvalue weighted by molar-refractivity contribution is 0.0996. The van der Waals surface area contributed by atoms with E-state index in [-0.39, 0.29) is 11.5 Å². The quantitative estimate of drug-likeness (QED) is 0.385. The number of H-pyrrole nitrogens is 1. The van der Waals surface area contributed by atoms with Crippen molar-refractivity contribution in [3.63, 3.8) is 0 Å². The Balaban J connectivity index is 1.39. The van der Waals surface area contributed by atoms with Crippen molar-refractivity contribution in [3.05, 3.63) is 83.9 Å². The van der Waals surface area contributed by atoms with E-state index in [9.17, 15) is 4.79 Å².